The van der Waals surface area contributed by atoms with Gasteiger partial charge < -0.3 is 19.6 Å². The molecule has 0 radical (unpaired) electrons. The molecule has 0 aliphatic heterocycles. The van der Waals surface area contributed by atoms with Crippen molar-refractivity contribution in [3.8, 4) is 33.4 Å². The van der Waals surface area contributed by atoms with Gasteiger partial charge in [-0.1, -0.05) is 194 Å². The van der Waals surface area contributed by atoms with Crippen molar-refractivity contribution in [3.63, 3.8) is 0 Å². The molecule has 4 nitrogen and oxygen atoms in total. The summed E-state index contributed by atoms with van der Waals surface area (Å²) >= 11 is 0. The summed E-state index contributed by atoms with van der Waals surface area (Å²) in [5.41, 5.74) is 23.4. The van der Waals surface area contributed by atoms with Gasteiger partial charge in [-0.05, 0) is 224 Å². The quantitative estimate of drug-likeness (QED) is 0.108. The molecule has 0 fully saturated rings. The van der Waals surface area contributed by atoms with Crippen LogP contribution in [0.5, 0.6) is 0 Å². The first kappa shape index (κ1) is 51.7. The van der Waals surface area contributed by atoms with Crippen molar-refractivity contribution in [1.82, 2.24) is 0 Å². The second kappa shape index (κ2) is 22.9. The molecular formula is C82H60N4. The van der Waals surface area contributed by atoms with Crippen LogP contribution in [0.3, 0.4) is 0 Å². The van der Waals surface area contributed by atoms with Crippen molar-refractivity contribution in [2.45, 2.75) is 12.8 Å². The molecule has 15 rings (SSSR count). The molecule has 14 aromatic rings. The first-order chi connectivity index (χ1) is 42.6. The Labute approximate surface area is 503 Å². The maximum atomic E-state index is 2.43. The third kappa shape index (κ3) is 10.2. The molecule has 14 aromatic carbocycles. The Morgan fingerprint density at radius 2 is 0.384 bits per heavy atom. The zero-order chi connectivity index (χ0) is 57.2. The largest absolute Gasteiger partial charge is 0.311 e. The Balaban J connectivity index is 0.736. The molecule has 0 N–H and O–H groups in total. The van der Waals surface area contributed by atoms with Crippen LogP contribution >= 0.6 is 0 Å². The van der Waals surface area contributed by atoms with Gasteiger partial charge in [0.2, 0.25) is 0 Å². The van der Waals surface area contributed by atoms with E-state index in [2.05, 4.69) is 359 Å². The Kier molecular flexibility index (Phi) is 13.7. The van der Waals surface area contributed by atoms with Gasteiger partial charge in [0.05, 0.1) is 0 Å². The third-order valence-corrected chi connectivity index (χ3v) is 16.9. The summed E-state index contributed by atoms with van der Waals surface area (Å²) in [6, 6.07) is 123. The number of anilines is 12. The maximum absolute atomic E-state index is 2.43. The monoisotopic (exact) mass is 1100 g/mol. The minimum absolute atomic E-state index is 0.935. The van der Waals surface area contributed by atoms with E-state index in [-0.39, 0.29) is 0 Å². The highest BCUT2D eigenvalue weighted by atomic mass is 15.2. The second-order valence-electron chi connectivity index (χ2n) is 22.1. The van der Waals surface area contributed by atoms with E-state index in [0.717, 1.165) is 81.1 Å². The Bertz CT molecular complexity index is 4280. The zero-order valence-electron chi connectivity index (χ0n) is 47.5. The van der Waals surface area contributed by atoms with Crippen molar-refractivity contribution in [3.05, 3.63) is 351 Å². The van der Waals surface area contributed by atoms with Crippen molar-refractivity contribution in [2.24, 2.45) is 0 Å². The van der Waals surface area contributed by atoms with Gasteiger partial charge in [0, 0.05) is 68.2 Å². The van der Waals surface area contributed by atoms with Gasteiger partial charge in [0.15, 0.2) is 0 Å². The van der Waals surface area contributed by atoms with Crippen LogP contribution in [0.2, 0.25) is 0 Å². The predicted molar refractivity (Wildman–Crippen MR) is 364 cm³/mol. The van der Waals surface area contributed by atoms with E-state index < -0.39 is 0 Å². The first-order valence-electron chi connectivity index (χ1n) is 29.7. The van der Waals surface area contributed by atoms with Gasteiger partial charge in [-0.3, -0.25) is 0 Å². The zero-order valence-corrected chi connectivity index (χ0v) is 47.5. The lowest BCUT2D eigenvalue weighted by molar-refractivity contribution is 0.940. The van der Waals surface area contributed by atoms with Crippen LogP contribution in [-0.2, 0) is 12.8 Å². The highest BCUT2D eigenvalue weighted by Gasteiger charge is 2.23. The molecule has 0 heterocycles. The molecule has 0 unspecified atom stereocenters. The van der Waals surface area contributed by atoms with Crippen LogP contribution in [0.15, 0.2) is 340 Å². The molecule has 0 spiro atoms. The fraction of sp³-hybridized carbons (Fsp3) is 0.0244. The van der Waals surface area contributed by atoms with E-state index in [0.29, 0.717) is 0 Å². The lowest BCUT2D eigenvalue weighted by atomic mass is 9.85. The lowest BCUT2D eigenvalue weighted by Gasteiger charge is -2.30. The fourth-order valence-corrected chi connectivity index (χ4v) is 12.6. The lowest BCUT2D eigenvalue weighted by Crippen LogP contribution is -2.13. The minimum Gasteiger partial charge on any atom is -0.311 e. The molecule has 408 valence electrons. The van der Waals surface area contributed by atoms with E-state index in [1.54, 1.807) is 0 Å². The fourth-order valence-electron chi connectivity index (χ4n) is 12.6. The molecule has 86 heavy (non-hydrogen) atoms. The Hall–Kier alpha value is -11.2. The summed E-state index contributed by atoms with van der Waals surface area (Å²) in [5.74, 6) is 0. The third-order valence-electron chi connectivity index (χ3n) is 16.9. The average molecular weight is 1100 g/mol. The van der Waals surface area contributed by atoms with Gasteiger partial charge in [0.25, 0.3) is 0 Å². The smallest absolute Gasteiger partial charge is 0.0468 e. The number of benzene rings is 14. The van der Waals surface area contributed by atoms with E-state index in [1.807, 2.05) is 0 Å². The van der Waals surface area contributed by atoms with Gasteiger partial charge in [-0.2, -0.15) is 0 Å². The molecule has 0 bridgehead atoms. The Morgan fingerprint density at radius 1 is 0.163 bits per heavy atom. The summed E-state index contributed by atoms with van der Waals surface area (Å²) in [6.07, 6.45) is 1.87. The molecule has 0 atom stereocenters. The minimum atomic E-state index is 0.935. The number of nitrogens with zero attached hydrogens (tertiary/aromatic N) is 4. The highest BCUT2D eigenvalue weighted by molar-refractivity contribution is 5.93. The van der Waals surface area contributed by atoms with Crippen LogP contribution in [0, 0.1) is 0 Å². The van der Waals surface area contributed by atoms with Crippen LogP contribution in [0.25, 0.3) is 54.9 Å². The van der Waals surface area contributed by atoms with E-state index >= 15 is 0 Å². The molecule has 0 aromatic heterocycles. The standard InChI is InChI=1S/C82H60N4/c1-5-21-69(22-6-1)83(70-23-7-2-8-24-70)73-41-31-61(32-42-73)63-35-45-75(46-36-63)85(77-49-39-59-17-13-15-19-65(59)55-77)79-51-53-81-67(57-79)29-30-68-58-80(52-54-82(68)81)86(78-50-40-60-18-14-16-20-66(60)56-78)76-47-37-64(38-48-76)62-33-43-74(44-34-62)84(71-25-9-3-10-26-71)72-27-11-4-12-28-72/h1-28,31-58H,29-30H2. The van der Waals surface area contributed by atoms with Crippen molar-refractivity contribution < 1.29 is 0 Å². The molecule has 4 heteroatoms. The normalized spacial score (nSPS) is 11.6. The summed E-state index contributed by atoms with van der Waals surface area (Å²) < 4.78 is 0. The van der Waals surface area contributed by atoms with Crippen molar-refractivity contribution in [1.29, 1.82) is 0 Å². The first-order valence-corrected chi connectivity index (χ1v) is 29.7. The number of hydrogen-bond acceptors (Lipinski definition) is 4. The second-order valence-corrected chi connectivity index (χ2v) is 22.1. The molecule has 0 saturated carbocycles. The number of para-hydroxylation sites is 4. The topological polar surface area (TPSA) is 13.0 Å². The average Bonchev–Trinajstić information content (AvgIpc) is 1.98. The van der Waals surface area contributed by atoms with Gasteiger partial charge in [-0.15, -0.1) is 0 Å². The SMILES string of the molecule is c1ccc(N(c2ccccc2)c2ccc(-c3ccc(N(c4ccc5c(c4)CCc4cc(N(c6ccc(-c7ccc(N(c8ccccc8)c8ccccc8)cc7)cc6)c6ccc7ccccc7c6)ccc4-5)c4ccc5ccccc5c4)cc3)cc2)cc1. The number of rotatable bonds is 14. The van der Waals surface area contributed by atoms with Crippen molar-refractivity contribution >= 4 is 89.8 Å². The maximum Gasteiger partial charge on any atom is 0.0468 e. The highest BCUT2D eigenvalue weighted by Crippen LogP contribution is 2.45. The van der Waals surface area contributed by atoms with Crippen LogP contribution in [0.4, 0.5) is 68.2 Å². The number of aryl methyl sites for hydroxylation is 2. The Morgan fingerprint density at radius 3 is 0.686 bits per heavy atom. The summed E-state index contributed by atoms with van der Waals surface area (Å²) in [5, 5.41) is 4.87. The number of hydrogen-bond donors (Lipinski definition) is 0. The summed E-state index contributed by atoms with van der Waals surface area (Å²) in [7, 11) is 0. The molecular weight excluding hydrogens is 1040 g/mol. The van der Waals surface area contributed by atoms with Crippen molar-refractivity contribution in [2.75, 3.05) is 19.6 Å². The summed E-state index contributed by atoms with van der Waals surface area (Å²) in [6.45, 7) is 0. The van der Waals surface area contributed by atoms with E-state index in [9.17, 15) is 0 Å². The van der Waals surface area contributed by atoms with Crippen LogP contribution < -0.4 is 19.6 Å². The van der Waals surface area contributed by atoms with E-state index in [4.69, 9.17) is 0 Å². The van der Waals surface area contributed by atoms with Gasteiger partial charge in [0.1, 0.15) is 0 Å². The molecule has 1 aliphatic rings. The van der Waals surface area contributed by atoms with Gasteiger partial charge in [-0.25, -0.2) is 0 Å². The number of fused-ring (bicyclic) bond motifs is 5. The molecule has 1 aliphatic carbocycles. The van der Waals surface area contributed by atoms with Crippen LogP contribution in [-0.4, -0.2) is 0 Å². The molecule has 0 saturated heterocycles. The summed E-state index contributed by atoms with van der Waals surface area (Å²) in [4.78, 5) is 9.45. The predicted octanol–water partition coefficient (Wildman–Crippen LogP) is 23.0. The van der Waals surface area contributed by atoms with Crippen LogP contribution in [0.1, 0.15) is 11.1 Å². The van der Waals surface area contributed by atoms with E-state index in [1.165, 1.54) is 66.1 Å². The van der Waals surface area contributed by atoms with Gasteiger partial charge >= 0.3 is 0 Å². The molecule has 0 amide bonds.